The third-order valence-electron chi connectivity index (χ3n) is 2.97. The van der Waals surface area contributed by atoms with Gasteiger partial charge in [-0.1, -0.05) is 0 Å². The Hall–Kier alpha value is 1.19. The monoisotopic (exact) mass is 362 g/mol. The Balaban J connectivity index is 2.00. The molecule has 2 rings (SSSR count). The zero-order valence-electron chi connectivity index (χ0n) is 6.76. The summed E-state index contributed by atoms with van der Waals surface area (Å²) in [5, 5.41) is 0. The van der Waals surface area contributed by atoms with Gasteiger partial charge in [-0.05, 0) is 0 Å². The molecule has 0 aromatic heterocycles. The molecule has 2 aliphatic rings. The second kappa shape index (κ2) is 3.93. The summed E-state index contributed by atoms with van der Waals surface area (Å²) in [4.78, 5) is 0. The molecule has 0 radical (unpaired) electrons. The van der Waals surface area contributed by atoms with Crippen LogP contribution in [0, 0.1) is 0 Å². The van der Waals surface area contributed by atoms with Crippen LogP contribution in [-0.4, -0.2) is 12.2 Å². The van der Waals surface area contributed by atoms with E-state index in [0.717, 1.165) is 3.43 Å². The number of halogens is 1. The van der Waals surface area contributed by atoms with Gasteiger partial charge in [0.25, 0.3) is 0 Å². The standard InChI is InChI=1S/C8H13O.ClH.Hg/c1-2-4-8-6-5-7(3-1)9-8;;/h3,7-8H,1-2,4-6H2;1H;/q;;+1/p-1. The first-order chi connectivity index (χ1) is 5.40. The number of hydrogen-bond donors (Lipinski definition) is 0. The summed E-state index contributed by atoms with van der Waals surface area (Å²) in [6.07, 6.45) is 7.89. The van der Waals surface area contributed by atoms with Gasteiger partial charge < -0.3 is 0 Å². The van der Waals surface area contributed by atoms with Crippen LogP contribution in [0.15, 0.2) is 0 Å². The summed E-state index contributed by atoms with van der Waals surface area (Å²) in [6.45, 7) is 0. The molecule has 3 unspecified atom stereocenters. The molecular weight excluding hydrogens is 348 g/mol. The Morgan fingerprint density at radius 1 is 1.18 bits per heavy atom. The zero-order valence-corrected chi connectivity index (χ0v) is 13.0. The van der Waals surface area contributed by atoms with Gasteiger partial charge in [0.2, 0.25) is 0 Å². The topological polar surface area (TPSA) is 9.23 Å². The van der Waals surface area contributed by atoms with Gasteiger partial charge in [0.15, 0.2) is 0 Å². The van der Waals surface area contributed by atoms with Crippen LogP contribution in [0.2, 0.25) is 3.43 Å². The molecule has 0 aliphatic carbocycles. The maximum atomic E-state index is 6.09. The molecule has 60 valence electrons. The molecule has 0 N–H and O–H groups in total. The number of rotatable bonds is 1. The van der Waals surface area contributed by atoms with E-state index in [1.807, 2.05) is 0 Å². The van der Waals surface area contributed by atoms with E-state index in [1.165, 1.54) is 32.1 Å². The van der Waals surface area contributed by atoms with Gasteiger partial charge in [-0.25, -0.2) is 0 Å². The van der Waals surface area contributed by atoms with Gasteiger partial charge in [-0.15, -0.1) is 0 Å². The van der Waals surface area contributed by atoms with E-state index in [4.69, 9.17) is 13.0 Å². The first-order valence-corrected chi connectivity index (χ1v) is 14.6. The third kappa shape index (κ3) is 1.92. The molecule has 0 saturated carbocycles. The average molecular weight is 361 g/mol. The normalized spacial score (nSPS) is 43.2. The number of ether oxygens (including phenoxy) is 1. The van der Waals surface area contributed by atoms with E-state index in [0.29, 0.717) is 12.2 Å². The fourth-order valence-corrected chi connectivity index (χ4v) is 9.20. The molecule has 11 heavy (non-hydrogen) atoms. The summed E-state index contributed by atoms with van der Waals surface area (Å²) in [7, 11) is 6.09. The molecule has 2 saturated heterocycles. The molecule has 3 heteroatoms. The third-order valence-corrected chi connectivity index (χ3v) is 11.6. The summed E-state index contributed by atoms with van der Waals surface area (Å²) in [6, 6.07) is 0. The van der Waals surface area contributed by atoms with Gasteiger partial charge in [0.05, 0.1) is 0 Å². The molecule has 2 heterocycles. The van der Waals surface area contributed by atoms with E-state index < -0.39 is 23.3 Å². The summed E-state index contributed by atoms with van der Waals surface area (Å²) < 4.78 is 6.76. The fourth-order valence-electron chi connectivity index (χ4n) is 2.26. The fraction of sp³-hybridized carbons (Fsp3) is 1.00. The predicted molar refractivity (Wildman–Crippen MR) is 41.3 cm³/mol. The zero-order chi connectivity index (χ0) is 7.68. The van der Waals surface area contributed by atoms with Crippen molar-refractivity contribution in [2.75, 3.05) is 0 Å². The molecule has 0 aromatic rings. The Labute approximate surface area is 83.7 Å². The van der Waals surface area contributed by atoms with E-state index >= 15 is 0 Å². The van der Waals surface area contributed by atoms with Crippen LogP contribution in [0.3, 0.4) is 0 Å². The minimum absolute atomic E-state index is 0.599. The van der Waals surface area contributed by atoms with Crippen LogP contribution in [-0.2, 0) is 28.1 Å². The van der Waals surface area contributed by atoms with Gasteiger partial charge in [-0.2, -0.15) is 0 Å². The predicted octanol–water partition coefficient (Wildman–Crippen LogP) is 2.74. The maximum absolute atomic E-state index is 6.09. The van der Waals surface area contributed by atoms with Gasteiger partial charge >= 0.3 is 84.1 Å². The van der Waals surface area contributed by atoms with Crippen LogP contribution in [0.1, 0.15) is 32.1 Å². The molecular formula is C8H13ClHgO. The average Bonchev–Trinajstić information content (AvgIpc) is 2.33. The summed E-state index contributed by atoms with van der Waals surface area (Å²) in [5.41, 5.74) is 0. The minimum atomic E-state index is -1.02. The molecule has 2 bridgehead atoms. The Kier molecular flexibility index (Phi) is 3.13. The van der Waals surface area contributed by atoms with Crippen molar-refractivity contribution in [1.82, 2.24) is 0 Å². The van der Waals surface area contributed by atoms with Crippen LogP contribution in [0.4, 0.5) is 0 Å². The Morgan fingerprint density at radius 3 is 2.91 bits per heavy atom. The van der Waals surface area contributed by atoms with Crippen molar-refractivity contribution in [3.63, 3.8) is 0 Å². The second-order valence-corrected chi connectivity index (χ2v) is 11.7. The van der Waals surface area contributed by atoms with E-state index in [1.54, 1.807) is 0 Å². The van der Waals surface area contributed by atoms with Crippen molar-refractivity contribution in [1.29, 1.82) is 0 Å². The van der Waals surface area contributed by atoms with Crippen molar-refractivity contribution >= 4 is 8.25 Å². The van der Waals surface area contributed by atoms with Crippen LogP contribution in [0.5, 0.6) is 0 Å². The first kappa shape index (κ1) is 8.77. The molecule has 0 amide bonds. The van der Waals surface area contributed by atoms with Crippen molar-refractivity contribution in [2.45, 2.75) is 47.7 Å². The number of fused-ring (bicyclic) bond motifs is 2. The van der Waals surface area contributed by atoms with Gasteiger partial charge in [0.1, 0.15) is 0 Å². The van der Waals surface area contributed by atoms with Crippen LogP contribution in [0.25, 0.3) is 0 Å². The quantitative estimate of drug-likeness (QED) is 0.653. The van der Waals surface area contributed by atoms with Gasteiger partial charge in [0, 0.05) is 0 Å². The van der Waals surface area contributed by atoms with E-state index in [2.05, 4.69) is 0 Å². The van der Waals surface area contributed by atoms with Crippen molar-refractivity contribution in [3.8, 4) is 0 Å². The molecule has 0 spiro atoms. The Bertz CT molecular complexity index is 142. The summed E-state index contributed by atoms with van der Waals surface area (Å²) in [5.74, 6) is 0. The van der Waals surface area contributed by atoms with Crippen molar-refractivity contribution < 1.29 is 28.1 Å². The van der Waals surface area contributed by atoms with Crippen LogP contribution < -0.4 is 0 Å². The van der Waals surface area contributed by atoms with E-state index in [-0.39, 0.29) is 0 Å². The van der Waals surface area contributed by atoms with Crippen molar-refractivity contribution in [3.05, 3.63) is 0 Å². The Morgan fingerprint density at radius 2 is 2.09 bits per heavy atom. The van der Waals surface area contributed by atoms with Gasteiger partial charge in [-0.3, -0.25) is 0 Å². The van der Waals surface area contributed by atoms with Crippen molar-refractivity contribution in [2.24, 2.45) is 0 Å². The molecule has 3 atom stereocenters. The SMILES string of the molecule is [Cl][Hg][CH]1CCCC2CCC1O2. The molecule has 2 aliphatic heterocycles. The molecule has 1 nitrogen and oxygen atoms in total. The molecule has 2 fully saturated rings. The van der Waals surface area contributed by atoms with Crippen LogP contribution >= 0.6 is 8.25 Å². The first-order valence-electron chi connectivity index (χ1n) is 4.61. The molecule has 0 aromatic carbocycles. The number of hydrogen-bond acceptors (Lipinski definition) is 1. The summed E-state index contributed by atoms with van der Waals surface area (Å²) >= 11 is -1.02. The second-order valence-electron chi connectivity index (χ2n) is 3.72. The van der Waals surface area contributed by atoms with E-state index in [9.17, 15) is 0 Å².